The largest absolute Gasteiger partial charge is 0.481 e. The molecule has 0 atom stereocenters. The number of hydrogen-bond donors (Lipinski definition) is 0. The molecule has 0 aliphatic carbocycles. The van der Waals surface area contributed by atoms with Crippen LogP contribution in [0.2, 0.25) is 0 Å². The fourth-order valence-corrected chi connectivity index (χ4v) is 1.56. The van der Waals surface area contributed by atoms with Crippen molar-refractivity contribution in [3.05, 3.63) is 29.3 Å². The van der Waals surface area contributed by atoms with Gasteiger partial charge in [-0.05, 0) is 45.9 Å². The van der Waals surface area contributed by atoms with Gasteiger partial charge in [0.2, 0.25) is 0 Å². The first-order valence-corrected chi connectivity index (χ1v) is 6.88. The van der Waals surface area contributed by atoms with E-state index in [0.29, 0.717) is 6.29 Å². The Hall–Kier alpha value is -2.37. The summed E-state index contributed by atoms with van der Waals surface area (Å²) in [5, 5.41) is 0. The van der Waals surface area contributed by atoms with E-state index in [2.05, 4.69) is 0 Å². The number of carbonyl (C=O) groups is 3. The Labute approximate surface area is 129 Å². The molecule has 0 N–H and O–H groups in total. The van der Waals surface area contributed by atoms with Crippen molar-refractivity contribution >= 4 is 18.2 Å². The maximum absolute atomic E-state index is 12.0. The van der Waals surface area contributed by atoms with E-state index in [1.807, 2.05) is 0 Å². The van der Waals surface area contributed by atoms with Crippen LogP contribution in [-0.4, -0.2) is 37.0 Å². The fraction of sp³-hybridized carbons (Fsp3) is 0.438. The Bertz CT molecular complexity index is 556. The molecule has 1 aromatic carbocycles. The number of carbonyl (C=O) groups excluding carboxylic acids is 3. The van der Waals surface area contributed by atoms with E-state index in [-0.39, 0.29) is 30.1 Å². The van der Waals surface area contributed by atoms with E-state index in [1.165, 1.54) is 18.2 Å². The lowest BCUT2D eigenvalue weighted by atomic mass is 10.1. The van der Waals surface area contributed by atoms with Gasteiger partial charge >= 0.3 is 11.9 Å². The maximum atomic E-state index is 12.0. The lowest BCUT2D eigenvalue weighted by Gasteiger charge is -2.19. The molecule has 0 fully saturated rings. The molecule has 0 unspecified atom stereocenters. The van der Waals surface area contributed by atoms with Crippen molar-refractivity contribution < 1.29 is 28.6 Å². The molecule has 6 heteroatoms. The minimum atomic E-state index is -0.633. The Kier molecular flexibility index (Phi) is 6.10. The first kappa shape index (κ1) is 17.7. The smallest absolute Gasteiger partial charge is 0.344 e. The zero-order valence-corrected chi connectivity index (χ0v) is 13.2. The zero-order valence-electron chi connectivity index (χ0n) is 13.2. The standard InChI is InChI=1S/C16H20O6/c1-5-20-14(18)10-21-13-8-11(6-7-12(13)9-17)15(19)22-16(2,3)4/h6-9H,5,10H2,1-4H3. The number of esters is 2. The molecule has 22 heavy (non-hydrogen) atoms. The van der Waals surface area contributed by atoms with Gasteiger partial charge in [-0.15, -0.1) is 0 Å². The number of aldehydes is 1. The van der Waals surface area contributed by atoms with Crippen molar-refractivity contribution in [3.63, 3.8) is 0 Å². The molecule has 0 spiro atoms. The Morgan fingerprint density at radius 2 is 1.91 bits per heavy atom. The topological polar surface area (TPSA) is 78.9 Å². The molecule has 1 aromatic rings. The van der Waals surface area contributed by atoms with Gasteiger partial charge in [0, 0.05) is 0 Å². The predicted molar refractivity (Wildman–Crippen MR) is 79.1 cm³/mol. The molecule has 0 bridgehead atoms. The predicted octanol–water partition coefficient (Wildman–Crippen LogP) is 2.40. The average Bonchev–Trinajstić information content (AvgIpc) is 2.43. The fourth-order valence-electron chi connectivity index (χ4n) is 1.56. The van der Waals surface area contributed by atoms with Gasteiger partial charge in [-0.25, -0.2) is 9.59 Å². The average molecular weight is 308 g/mol. The van der Waals surface area contributed by atoms with Gasteiger partial charge in [-0.1, -0.05) is 0 Å². The van der Waals surface area contributed by atoms with Crippen molar-refractivity contribution in [2.75, 3.05) is 13.2 Å². The van der Waals surface area contributed by atoms with E-state index in [9.17, 15) is 14.4 Å². The van der Waals surface area contributed by atoms with Crippen LogP contribution in [0.4, 0.5) is 0 Å². The number of hydrogen-bond acceptors (Lipinski definition) is 6. The molecule has 0 aromatic heterocycles. The van der Waals surface area contributed by atoms with Crippen LogP contribution < -0.4 is 4.74 Å². The number of benzene rings is 1. The van der Waals surface area contributed by atoms with Gasteiger partial charge in [0.25, 0.3) is 0 Å². The van der Waals surface area contributed by atoms with Crippen molar-refractivity contribution in [2.24, 2.45) is 0 Å². The molecule has 0 amide bonds. The molecule has 0 radical (unpaired) electrons. The summed E-state index contributed by atoms with van der Waals surface area (Å²) in [4.78, 5) is 34.3. The van der Waals surface area contributed by atoms with Crippen molar-refractivity contribution in [1.29, 1.82) is 0 Å². The summed E-state index contributed by atoms with van der Waals surface area (Å²) in [6, 6.07) is 4.28. The maximum Gasteiger partial charge on any atom is 0.344 e. The van der Waals surface area contributed by atoms with Crippen LogP contribution in [0, 0.1) is 0 Å². The molecule has 0 saturated heterocycles. The Morgan fingerprint density at radius 3 is 2.45 bits per heavy atom. The molecule has 0 aliphatic heterocycles. The van der Waals surface area contributed by atoms with Crippen molar-refractivity contribution in [2.45, 2.75) is 33.3 Å². The second-order valence-electron chi connectivity index (χ2n) is 5.47. The molecule has 0 aliphatic rings. The highest BCUT2D eigenvalue weighted by Gasteiger charge is 2.19. The number of rotatable bonds is 6. The third-order valence-electron chi connectivity index (χ3n) is 2.43. The Morgan fingerprint density at radius 1 is 1.23 bits per heavy atom. The van der Waals surface area contributed by atoms with Gasteiger partial charge in [0.1, 0.15) is 11.4 Å². The van der Waals surface area contributed by atoms with Crippen molar-refractivity contribution in [3.8, 4) is 5.75 Å². The van der Waals surface area contributed by atoms with Gasteiger partial charge in [0.05, 0.1) is 17.7 Å². The van der Waals surface area contributed by atoms with Crippen LogP contribution in [0.25, 0.3) is 0 Å². The molecule has 1 rings (SSSR count). The molecular weight excluding hydrogens is 288 g/mol. The first-order chi connectivity index (χ1) is 10.3. The summed E-state index contributed by atoms with van der Waals surface area (Å²) in [7, 11) is 0. The minimum Gasteiger partial charge on any atom is -0.481 e. The summed E-state index contributed by atoms with van der Waals surface area (Å²) in [5.74, 6) is -0.959. The van der Waals surface area contributed by atoms with E-state index < -0.39 is 17.5 Å². The van der Waals surface area contributed by atoms with Gasteiger partial charge in [-0.3, -0.25) is 4.79 Å². The number of ether oxygens (including phenoxy) is 3. The van der Waals surface area contributed by atoms with Crippen molar-refractivity contribution in [1.82, 2.24) is 0 Å². The SMILES string of the molecule is CCOC(=O)COc1cc(C(=O)OC(C)(C)C)ccc1C=O. The highest BCUT2D eigenvalue weighted by Crippen LogP contribution is 2.21. The first-order valence-electron chi connectivity index (χ1n) is 6.88. The van der Waals surface area contributed by atoms with E-state index in [0.717, 1.165) is 0 Å². The van der Waals surface area contributed by atoms with Crippen LogP contribution in [0.1, 0.15) is 48.4 Å². The normalized spacial score (nSPS) is 10.7. The lowest BCUT2D eigenvalue weighted by Crippen LogP contribution is -2.24. The molecule has 0 heterocycles. The molecular formula is C16H20O6. The highest BCUT2D eigenvalue weighted by atomic mass is 16.6. The second-order valence-corrected chi connectivity index (χ2v) is 5.47. The van der Waals surface area contributed by atoms with E-state index in [4.69, 9.17) is 14.2 Å². The molecule has 120 valence electrons. The summed E-state index contributed by atoms with van der Waals surface area (Å²) in [5.41, 5.74) is -0.164. The summed E-state index contributed by atoms with van der Waals surface area (Å²) < 4.78 is 15.2. The van der Waals surface area contributed by atoms with Gasteiger partial charge in [0.15, 0.2) is 12.9 Å². The van der Waals surface area contributed by atoms with E-state index in [1.54, 1.807) is 27.7 Å². The van der Waals surface area contributed by atoms with Crippen LogP contribution >= 0.6 is 0 Å². The third kappa shape index (κ3) is 5.55. The minimum absolute atomic E-state index is 0.131. The van der Waals surface area contributed by atoms with E-state index >= 15 is 0 Å². The van der Waals surface area contributed by atoms with Crippen LogP contribution in [0.3, 0.4) is 0 Å². The Balaban J connectivity index is 2.91. The van der Waals surface area contributed by atoms with Crippen LogP contribution in [-0.2, 0) is 14.3 Å². The van der Waals surface area contributed by atoms with Gasteiger partial charge in [-0.2, -0.15) is 0 Å². The van der Waals surface area contributed by atoms with Gasteiger partial charge < -0.3 is 14.2 Å². The monoisotopic (exact) mass is 308 g/mol. The molecule has 0 saturated carbocycles. The summed E-state index contributed by atoms with van der Waals surface area (Å²) >= 11 is 0. The lowest BCUT2D eigenvalue weighted by molar-refractivity contribution is -0.145. The molecule has 6 nitrogen and oxygen atoms in total. The summed E-state index contributed by atoms with van der Waals surface area (Å²) in [6.45, 7) is 6.83. The van der Waals surface area contributed by atoms with Crippen LogP contribution in [0.5, 0.6) is 5.75 Å². The quantitative estimate of drug-likeness (QED) is 0.593. The second kappa shape index (κ2) is 7.59. The van der Waals surface area contributed by atoms with Crippen LogP contribution in [0.15, 0.2) is 18.2 Å². The zero-order chi connectivity index (χ0) is 16.8. The summed E-state index contributed by atoms with van der Waals surface area (Å²) in [6.07, 6.45) is 0.583. The third-order valence-corrected chi connectivity index (χ3v) is 2.43. The highest BCUT2D eigenvalue weighted by molar-refractivity contribution is 5.92.